The molecule has 0 amide bonds. The molecule has 3 aromatic rings. The molecule has 2 aliphatic heterocycles. The van der Waals surface area contributed by atoms with E-state index in [0.29, 0.717) is 5.41 Å². The summed E-state index contributed by atoms with van der Waals surface area (Å²) < 4.78 is 46.0. The molecule has 304 valence electrons. The standard InChI is InChI=1S/C50H64N2O4S/c1-10-11-33-51-42-24-15-14-23-40(42)49(6,7)45(51)30-26-37-21-19-22-38(47(37)56-44-25-16-13-20-36(44)2)27-31-46-50(8,9)41-35-39(57(53,54)55)28-29-43(41)52(46)34-18-12-17-32-48(3,4)5/h13-16,20,23-31,35H,10-12,17-19,21-22,32-34H2,1-9H3. The molecule has 6 nitrogen and oxygen atoms in total. The SMILES string of the molecule is CCCC[N+]1=C(/C=C/C2=C(Oc3ccccc3C)C(=C/C=C3/N(CCCCCC(C)(C)C)c4ccc(S(=O)(=O)[O-])cc4C3(C)C)/CCC2)C(C)(C)c2ccccc21. The van der Waals surface area contributed by atoms with Gasteiger partial charge in [-0.2, -0.15) is 4.58 Å². The van der Waals surface area contributed by atoms with Gasteiger partial charge in [0.25, 0.3) is 0 Å². The van der Waals surface area contributed by atoms with Gasteiger partial charge in [-0.15, -0.1) is 0 Å². The van der Waals surface area contributed by atoms with Crippen molar-refractivity contribution in [3.8, 4) is 5.75 Å². The Labute approximate surface area is 343 Å². The fourth-order valence-electron chi connectivity index (χ4n) is 8.84. The Hall–Kier alpha value is -4.20. The van der Waals surface area contributed by atoms with E-state index in [1.165, 1.54) is 35.0 Å². The summed E-state index contributed by atoms with van der Waals surface area (Å²) >= 11 is 0. The Morgan fingerprint density at radius 1 is 0.860 bits per heavy atom. The summed E-state index contributed by atoms with van der Waals surface area (Å²) in [5.74, 6) is 1.75. The molecule has 0 atom stereocenters. The third-order valence-corrected chi connectivity index (χ3v) is 13.0. The van der Waals surface area contributed by atoms with Gasteiger partial charge in [-0.3, -0.25) is 0 Å². The first-order valence-corrected chi connectivity index (χ1v) is 22.5. The molecule has 0 unspecified atom stereocenters. The molecule has 3 aliphatic rings. The van der Waals surface area contributed by atoms with Crippen LogP contribution in [0.25, 0.3) is 0 Å². The number of hydrogen-bond donors (Lipinski definition) is 0. The molecule has 0 saturated carbocycles. The highest BCUT2D eigenvalue weighted by atomic mass is 32.2. The van der Waals surface area contributed by atoms with E-state index >= 15 is 0 Å². The van der Waals surface area contributed by atoms with Crippen LogP contribution in [-0.4, -0.2) is 36.3 Å². The molecule has 0 N–H and O–H groups in total. The van der Waals surface area contributed by atoms with Gasteiger partial charge in [0, 0.05) is 47.5 Å². The minimum absolute atomic E-state index is 0.138. The van der Waals surface area contributed by atoms with Crippen LogP contribution in [0.3, 0.4) is 0 Å². The highest BCUT2D eigenvalue weighted by Gasteiger charge is 2.44. The van der Waals surface area contributed by atoms with Gasteiger partial charge in [0.1, 0.15) is 28.2 Å². The lowest BCUT2D eigenvalue weighted by molar-refractivity contribution is -0.438. The fraction of sp³-hybridized carbons (Fsp3) is 0.460. The second-order valence-electron chi connectivity index (χ2n) is 18.5. The van der Waals surface area contributed by atoms with E-state index in [1.807, 2.05) is 24.3 Å². The average molecular weight is 789 g/mol. The van der Waals surface area contributed by atoms with Crippen LogP contribution in [0, 0.1) is 12.3 Å². The number of anilines is 1. The second-order valence-corrected chi connectivity index (χ2v) is 19.8. The normalized spacial score (nSPS) is 19.3. The van der Waals surface area contributed by atoms with Crippen LogP contribution in [-0.2, 0) is 20.9 Å². The molecular weight excluding hydrogens is 725 g/mol. The van der Waals surface area contributed by atoms with Gasteiger partial charge >= 0.3 is 0 Å². The predicted octanol–water partition coefficient (Wildman–Crippen LogP) is 12.4. The van der Waals surface area contributed by atoms with E-state index in [0.717, 1.165) is 104 Å². The first-order chi connectivity index (χ1) is 26.9. The maximum absolute atomic E-state index is 12.2. The van der Waals surface area contributed by atoms with Crippen molar-refractivity contribution in [3.63, 3.8) is 0 Å². The lowest BCUT2D eigenvalue weighted by atomic mass is 9.81. The molecule has 6 rings (SSSR count). The number of fused-ring (bicyclic) bond motifs is 2. The van der Waals surface area contributed by atoms with Crippen molar-refractivity contribution in [1.82, 2.24) is 0 Å². The van der Waals surface area contributed by atoms with Crippen LogP contribution in [0.1, 0.15) is 130 Å². The van der Waals surface area contributed by atoms with E-state index in [2.05, 4.69) is 126 Å². The molecular formula is C50H64N2O4S. The van der Waals surface area contributed by atoms with Gasteiger partial charge in [-0.1, -0.05) is 103 Å². The maximum Gasteiger partial charge on any atom is 0.209 e. The van der Waals surface area contributed by atoms with Crippen LogP contribution in [0.5, 0.6) is 5.75 Å². The first-order valence-electron chi connectivity index (χ1n) is 21.1. The predicted molar refractivity (Wildman–Crippen MR) is 235 cm³/mol. The molecule has 0 saturated heterocycles. The van der Waals surface area contributed by atoms with Crippen molar-refractivity contribution in [2.75, 3.05) is 18.0 Å². The highest BCUT2D eigenvalue weighted by Crippen LogP contribution is 2.49. The van der Waals surface area contributed by atoms with Crippen LogP contribution in [0.2, 0.25) is 0 Å². The Kier molecular flexibility index (Phi) is 12.6. The van der Waals surface area contributed by atoms with Crippen LogP contribution in [0.4, 0.5) is 11.4 Å². The number of aryl methyl sites for hydroxylation is 1. The number of unbranched alkanes of at least 4 members (excludes halogenated alkanes) is 3. The zero-order valence-corrected chi connectivity index (χ0v) is 36.7. The zero-order chi connectivity index (χ0) is 41.2. The van der Waals surface area contributed by atoms with Crippen molar-refractivity contribution in [2.45, 2.75) is 136 Å². The molecule has 2 heterocycles. The molecule has 0 aromatic heterocycles. The molecule has 1 aliphatic carbocycles. The number of hydrogen-bond acceptors (Lipinski definition) is 5. The smallest absolute Gasteiger partial charge is 0.209 e. The molecule has 57 heavy (non-hydrogen) atoms. The van der Waals surface area contributed by atoms with Crippen molar-refractivity contribution in [3.05, 3.63) is 130 Å². The zero-order valence-electron chi connectivity index (χ0n) is 35.9. The van der Waals surface area contributed by atoms with Crippen LogP contribution < -0.4 is 9.64 Å². The van der Waals surface area contributed by atoms with Crippen molar-refractivity contribution >= 4 is 27.2 Å². The Morgan fingerprint density at radius 2 is 1.60 bits per heavy atom. The van der Waals surface area contributed by atoms with Gasteiger partial charge in [0.2, 0.25) is 5.69 Å². The molecule has 3 aromatic carbocycles. The number of benzene rings is 3. The third-order valence-electron chi connectivity index (χ3n) is 12.2. The van der Waals surface area contributed by atoms with Crippen molar-refractivity contribution < 1.29 is 22.3 Å². The van der Waals surface area contributed by atoms with Gasteiger partial charge in [0.15, 0.2) is 5.71 Å². The summed E-state index contributed by atoms with van der Waals surface area (Å²) in [6.07, 6.45) is 18.6. The summed E-state index contributed by atoms with van der Waals surface area (Å²) in [5.41, 5.74) is 9.92. The first kappa shape index (κ1) is 42.4. The molecule has 7 heteroatoms. The summed E-state index contributed by atoms with van der Waals surface area (Å²) in [6, 6.07) is 21.9. The lowest BCUT2D eigenvalue weighted by Crippen LogP contribution is -2.28. The van der Waals surface area contributed by atoms with Crippen LogP contribution >= 0.6 is 0 Å². The van der Waals surface area contributed by atoms with Gasteiger partial charge in [-0.05, 0) is 117 Å². The van der Waals surface area contributed by atoms with Crippen LogP contribution in [0.15, 0.2) is 119 Å². The van der Waals surface area contributed by atoms with E-state index in [4.69, 9.17) is 4.74 Å². The topological polar surface area (TPSA) is 72.7 Å². The van der Waals surface area contributed by atoms with E-state index in [1.54, 1.807) is 6.07 Å². The average Bonchev–Trinajstić information content (AvgIpc) is 3.50. The van der Waals surface area contributed by atoms with Gasteiger partial charge in [0.05, 0.1) is 10.3 Å². The fourth-order valence-corrected chi connectivity index (χ4v) is 9.34. The van der Waals surface area contributed by atoms with Crippen molar-refractivity contribution in [1.29, 1.82) is 0 Å². The molecule has 0 spiro atoms. The molecule has 0 fully saturated rings. The lowest BCUT2D eigenvalue weighted by Gasteiger charge is -2.28. The number of rotatable bonds is 14. The van der Waals surface area contributed by atoms with Crippen molar-refractivity contribution in [2.24, 2.45) is 5.41 Å². The Morgan fingerprint density at radius 3 is 2.32 bits per heavy atom. The maximum atomic E-state index is 12.2. The minimum Gasteiger partial charge on any atom is -0.744 e. The third kappa shape index (κ3) is 9.26. The number of allylic oxidation sites excluding steroid dienone is 7. The molecule has 0 radical (unpaired) electrons. The van der Waals surface area contributed by atoms with E-state index in [9.17, 15) is 13.0 Å². The summed E-state index contributed by atoms with van der Waals surface area (Å²) in [4.78, 5) is 2.17. The summed E-state index contributed by atoms with van der Waals surface area (Å²) in [7, 11) is -4.60. The number of ether oxygens (including phenoxy) is 1. The minimum atomic E-state index is -4.60. The Balaban J connectivity index is 1.43. The Bertz CT molecular complexity index is 2240. The van der Waals surface area contributed by atoms with E-state index in [-0.39, 0.29) is 10.3 Å². The highest BCUT2D eigenvalue weighted by molar-refractivity contribution is 7.85. The van der Waals surface area contributed by atoms with E-state index < -0.39 is 15.5 Å². The number of nitrogens with zero attached hydrogens (tertiary/aromatic N) is 2. The largest absolute Gasteiger partial charge is 0.744 e. The quantitative estimate of drug-likeness (QED) is 0.0924. The van der Waals surface area contributed by atoms with Gasteiger partial charge < -0.3 is 14.2 Å². The second kappa shape index (κ2) is 17.0. The monoisotopic (exact) mass is 788 g/mol. The summed E-state index contributed by atoms with van der Waals surface area (Å²) in [5, 5.41) is 0. The molecule has 0 bridgehead atoms. The van der Waals surface area contributed by atoms with Gasteiger partial charge in [-0.25, -0.2) is 8.42 Å². The summed E-state index contributed by atoms with van der Waals surface area (Å²) in [6.45, 7) is 21.9. The number of para-hydroxylation sites is 2.